The first-order valence-corrected chi connectivity index (χ1v) is 5.61. The molecule has 0 spiro atoms. The fraction of sp³-hybridized carbons (Fsp3) is 0.700. The number of halogens is 4. The molecule has 5 nitrogen and oxygen atoms in total. The molecular formula is C10H11F4N3O2. The largest absolute Gasteiger partial charge is 0.461 e. The molecule has 1 aliphatic carbocycles. The fourth-order valence-electron chi connectivity index (χ4n) is 1.80. The zero-order valence-electron chi connectivity index (χ0n) is 9.95. The van der Waals surface area contributed by atoms with E-state index in [9.17, 15) is 22.4 Å². The Morgan fingerprint density at radius 1 is 1.53 bits per heavy atom. The van der Waals surface area contributed by atoms with Crippen LogP contribution in [0.1, 0.15) is 23.8 Å². The zero-order chi connectivity index (χ0) is 14.3. The number of hydrogen-bond donors (Lipinski definition) is 0. The Balaban J connectivity index is 2.00. The summed E-state index contributed by atoms with van der Waals surface area (Å²) in [6.07, 6.45) is 0.128. The van der Waals surface area contributed by atoms with Gasteiger partial charge >= 0.3 is 17.8 Å². The summed E-state index contributed by atoms with van der Waals surface area (Å²) in [5.41, 5.74) is -0.142. The van der Waals surface area contributed by atoms with Gasteiger partial charge in [0.15, 0.2) is 5.69 Å². The molecule has 1 heterocycles. The van der Waals surface area contributed by atoms with E-state index in [4.69, 9.17) is 0 Å². The summed E-state index contributed by atoms with van der Waals surface area (Å²) in [6, 6.07) is 0. The van der Waals surface area contributed by atoms with Crippen molar-refractivity contribution in [3.63, 3.8) is 0 Å². The molecule has 0 aliphatic heterocycles. The average Bonchev–Trinajstić information content (AvgIpc) is 2.77. The summed E-state index contributed by atoms with van der Waals surface area (Å²) in [5, 5.41) is 7.20. The second kappa shape index (κ2) is 4.46. The van der Waals surface area contributed by atoms with Gasteiger partial charge in [0, 0.05) is 6.42 Å². The van der Waals surface area contributed by atoms with Crippen LogP contribution in [0.3, 0.4) is 0 Å². The summed E-state index contributed by atoms with van der Waals surface area (Å²) < 4.78 is 56.0. The van der Waals surface area contributed by atoms with Crippen molar-refractivity contribution in [2.24, 2.45) is 5.92 Å². The molecule has 106 valence electrons. The molecule has 0 N–H and O–H groups in total. The molecule has 1 aromatic heterocycles. The quantitative estimate of drug-likeness (QED) is 0.623. The second-order valence-corrected chi connectivity index (χ2v) is 4.23. The predicted octanol–water partition coefficient (Wildman–Crippen LogP) is 1.75. The van der Waals surface area contributed by atoms with E-state index in [0.29, 0.717) is 0 Å². The first-order chi connectivity index (χ1) is 8.78. The Labute approximate surface area is 105 Å². The number of aromatic nitrogens is 3. The fourth-order valence-corrected chi connectivity index (χ4v) is 1.80. The Morgan fingerprint density at radius 2 is 2.21 bits per heavy atom. The smallest absolute Gasteiger partial charge is 0.360 e. The van der Waals surface area contributed by atoms with Crippen LogP contribution in [0.2, 0.25) is 0 Å². The number of carbonyl (C=O) groups excluding carboxylic acids is 1. The van der Waals surface area contributed by atoms with E-state index < -0.39 is 36.7 Å². The van der Waals surface area contributed by atoms with Crippen molar-refractivity contribution < 1.29 is 27.1 Å². The van der Waals surface area contributed by atoms with Crippen LogP contribution in [0.15, 0.2) is 6.20 Å². The highest BCUT2D eigenvalue weighted by molar-refractivity contribution is 5.86. The molecule has 0 amide bonds. The Bertz CT molecular complexity index is 489. The van der Waals surface area contributed by atoms with Crippen LogP contribution in [0, 0.1) is 5.92 Å². The summed E-state index contributed by atoms with van der Waals surface area (Å²) in [4.78, 5) is 12.1. The highest BCUT2D eigenvalue weighted by Gasteiger charge is 2.71. The molecule has 1 aliphatic rings. The monoisotopic (exact) mass is 281 g/mol. The van der Waals surface area contributed by atoms with Gasteiger partial charge in [-0.1, -0.05) is 0 Å². The van der Waals surface area contributed by atoms with Gasteiger partial charge in [0.25, 0.3) is 0 Å². The minimum Gasteiger partial charge on any atom is -0.461 e. The van der Waals surface area contributed by atoms with Crippen molar-refractivity contribution in [1.29, 1.82) is 0 Å². The van der Waals surface area contributed by atoms with E-state index in [-0.39, 0.29) is 12.3 Å². The van der Waals surface area contributed by atoms with Gasteiger partial charge < -0.3 is 4.74 Å². The van der Waals surface area contributed by atoms with Gasteiger partial charge in [-0.2, -0.15) is 27.5 Å². The van der Waals surface area contributed by atoms with Crippen LogP contribution >= 0.6 is 0 Å². The van der Waals surface area contributed by atoms with Crippen molar-refractivity contribution >= 4 is 5.97 Å². The van der Waals surface area contributed by atoms with Crippen LogP contribution in [-0.4, -0.2) is 39.4 Å². The topological polar surface area (TPSA) is 57.0 Å². The van der Waals surface area contributed by atoms with E-state index in [1.54, 1.807) is 6.92 Å². The first kappa shape index (κ1) is 13.8. The standard InChI is InChI=1S/C10H11F4N3O2/c1-2-19-8(18)7-4-15-17(16-7)5-6-3-9(11,12)10(6,13)14/h4,6H,2-3,5H2,1H3. The van der Waals surface area contributed by atoms with Gasteiger partial charge in [-0.3, -0.25) is 0 Å². The third kappa shape index (κ3) is 2.28. The SMILES string of the molecule is CCOC(=O)c1cnn(CC2CC(F)(F)C2(F)F)n1. The molecule has 2 rings (SSSR count). The molecule has 1 saturated carbocycles. The van der Waals surface area contributed by atoms with Gasteiger partial charge in [-0.05, 0) is 6.92 Å². The summed E-state index contributed by atoms with van der Waals surface area (Å²) in [7, 11) is 0. The molecule has 0 aromatic carbocycles. The van der Waals surface area contributed by atoms with Crippen LogP contribution in [0.5, 0.6) is 0 Å². The highest BCUT2D eigenvalue weighted by atomic mass is 19.3. The third-order valence-electron chi connectivity index (χ3n) is 2.91. The van der Waals surface area contributed by atoms with Gasteiger partial charge in [-0.25, -0.2) is 4.79 Å². The Hall–Kier alpha value is -1.67. The van der Waals surface area contributed by atoms with Crippen molar-refractivity contribution in [3.8, 4) is 0 Å². The lowest BCUT2D eigenvalue weighted by molar-refractivity contribution is -0.316. The van der Waals surface area contributed by atoms with Crippen LogP contribution in [0.25, 0.3) is 0 Å². The number of esters is 1. The van der Waals surface area contributed by atoms with E-state index >= 15 is 0 Å². The molecular weight excluding hydrogens is 270 g/mol. The number of ether oxygens (including phenoxy) is 1. The number of nitrogens with zero attached hydrogens (tertiary/aromatic N) is 3. The Morgan fingerprint density at radius 3 is 2.74 bits per heavy atom. The molecule has 1 unspecified atom stereocenters. The lowest BCUT2D eigenvalue weighted by Crippen LogP contribution is -2.59. The van der Waals surface area contributed by atoms with Gasteiger partial charge in [-0.15, -0.1) is 5.10 Å². The van der Waals surface area contributed by atoms with Crippen LogP contribution in [-0.2, 0) is 11.3 Å². The molecule has 1 fully saturated rings. The molecule has 19 heavy (non-hydrogen) atoms. The molecule has 1 atom stereocenters. The molecule has 0 saturated heterocycles. The summed E-state index contributed by atoms with van der Waals surface area (Å²) >= 11 is 0. The van der Waals surface area contributed by atoms with E-state index in [1.165, 1.54) is 0 Å². The third-order valence-corrected chi connectivity index (χ3v) is 2.91. The minimum atomic E-state index is -4.06. The maximum Gasteiger partial charge on any atom is 0.360 e. The Kier molecular flexibility index (Phi) is 3.23. The molecule has 9 heteroatoms. The van der Waals surface area contributed by atoms with Crippen LogP contribution in [0.4, 0.5) is 17.6 Å². The van der Waals surface area contributed by atoms with Gasteiger partial charge in [0.2, 0.25) is 0 Å². The lowest BCUT2D eigenvalue weighted by atomic mass is 9.77. The lowest BCUT2D eigenvalue weighted by Gasteiger charge is -2.43. The van der Waals surface area contributed by atoms with E-state index in [2.05, 4.69) is 14.9 Å². The number of rotatable bonds is 4. The van der Waals surface area contributed by atoms with Gasteiger partial charge in [0.05, 0.1) is 25.3 Å². The van der Waals surface area contributed by atoms with Gasteiger partial charge in [0.1, 0.15) is 0 Å². The molecule has 1 aromatic rings. The normalized spacial score (nSPS) is 23.7. The van der Waals surface area contributed by atoms with Crippen molar-refractivity contribution in [1.82, 2.24) is 15.0 Å². The zero-order valence-corrected chi connectivity index (χ0v) is 9.95. The van der Waals surface area contributed by atoms with Crippen molar-refractivity contribution in [3.05, 3.63) is 11.9 Å². The second-order valence-electron chi connectivity index (χ2n) is 4.23. The first-order valence-electron chi connectivity index (χ1n) is 5.61. The maximum absolute atomic E-state index is 13.0. The van der Waals surface area contributed by atoms with Crippen molar-refractivity contribution in [2.75, 3.05) is 6.61 Å². The van der Waals surface area contributed by atoms with E-state index in [0.717, 1.165) is 11.0 Å². The number of hydrogen-bond acceptors (Lipinski definition) is 4. The molecule has 0 radical (unpaired) electrons. The number of carbonyl (C=O) groups is 1. The maximum atomic E-state index is 13.0. The minimum absolute atomic E-state index is 0.138. The average molecular weight is 281 g/mol. The molecule has 0 bridgehead atoms. The summed E-state index contributed by atoms with van der Waals surface area (Å²) in [6.45, 7) is 1.26. The van der Waals surface area contributed by atoms with E-state index in [1.807, 2.05) is 0 Å². The number of alkyl halides is 4. The predicted molar refractivity (Wildman–Crippen MR) is 54.0 cm³/mol. The highest BCUT2D eigenvalue weighted by Crippen LogP contribution is 2.55. The van der Waals surface area contributed by atoms with Crippen LogP contribution < -0.4 is 0 Å². The summed E-state index contributed by atoms with van der Waals surface area (Å²) in [5.74, 6) is -10.3. The van der Waals surface area contributed by atoms with Crippen molar-refractivity contribution in [2.45, 2.75) is 31.7 Å².